The lowest BCUT2D eigenvalue weighted by molar-refractivity contribution is -0.110. The second kappa shape index (κ2) is 8.39. The van der Waals surface area contributed by atoms with Crippen molar-refractivity contribution in [1.29, 1.82) is 0 Å². The zero-order valence-electron chi connectivity index (χ0n) is 17.7. The van der Waals surface area contributed by atoms with Gasteiger partial charge in [0.1, 0.15) is 22.7 Å². The fraction of sp³-hybridized carbons (Fsp3) is 0.450. The minimum absolute atomic E-state index is 0.105. The summed E-state index contributed by atoms with van der Waals surface area (Å²) in [6.45, 7) is 6.78. The van der Waals surface area contributed by atoms with Gasteiger partial charge in [-0.15, -0.1) is 3.89 Å². The summed E-state index contributed by atoms with van der Waals surface area (Å²) in [5, 5.41) is 1.19. The second-order valence-corrected chi connectivity index (χ2v) is 9.98. The van der Waals surface area contributed by atoms with E-state index in [-0.39, 0.29) is 29.5 Å². The molecule has 1 aromatic heterocycles. The number of anilines is 3. The van der Waals surface area contributed by atoms with Crippen molar-refractivity contribution in [2.24, 2.45) is 11.8 Å². The van der Waals surface area contributed by atoms with Crippen molar-refractivity contribution in [2.45, 2.75) is 44.0 Å². The Morgan fingerprint density at radius 2 is 1.97 bits per heavy atom. The van der Waals surface area contributed by atoms with Gasteiger partial charge in [0.25, 0.3) is 0 Å². The molecule has 0 bridgehead atoms. The highest BCUT2D eigenvalue weighted by Crippen LogP contribution is 2.35. The Bertz CT molecular complexity index is 1090. The summed E-state index contributed by atoms with van der Waals surface area (Å²) in [6, 6.07) is 5.68. The average molecular weight is 451 g/mol. The molecule has 1 aliphatic rings. The maximum absolute atomic E-state index is 13.7. The van der Waals surface area contributed by atoms with Crippen molar-refractivity contribution in [3.8, 4) is 0 Å². The molecule has 0 amide bonds. The lowest BCUT2D eigenvalue weighted by atomic mass is 9.95. The Balaban J connectivity index is 2.04. The standard InChI is InChI=1S/C20H27FN6O3S/c1-20(2,3)19-24-17(26-9-8-13(10-26)12-28)16(22)18(25-19)27(23)11-14-6-4-5-7-15(14)31(21,29)30/h4-7,12-13H,8-11,22-23H2,1-3H3. The van der Waals surface area contributed by atoms with Crippen LogP contribution in [0.5, 0.6) is 0 Å². The Morgan fingerprint density at radius 1 is 1.29 bits per heavy atom. The van der Waals surface area contributed by atoms with Crippen molar-refractivity contribution in [2.75, 3.05) is 28.7 Å². The third-order valence-electron chi connectivity index (χ3n) is 5.14. The van der Waals surface area contributed by atoms with Crippen LogP contribution in [0.15, 0.2) is 29.2 Å². The molecule has 2 heterocycles. The van der Waals surface area contributed by atoms with Crippen LogP contribution in [0.25, 0.3) is 0 Å². The van der Waals surface area contributed by atoms with Crippen LogP contribution in [0.2, 0.25) is 0 Å². The molecule has 31 heavy (non-hydrogen) atoms. The summed E-state index contributed by atoms with van der Waals surface area (Å²) in [6.07, 6.45) is 1.62. The van der Waals surface area contributed by atoms with Crippen LogP contribution in [-0.2, 0) is 27.0 Å². The minimum atomic E-state index is -4.92. The summed E-state index contributed by atoms with van der Waals surface area (Å²) in [7, 11) is -4.92. The van der Waals surface area contributed by atoms with Crippen molar-refractivity contribution in [1.82, 2.24) is 9.97 Å². The van der Waals surface area contributed by atoms with Crippen molar-refractivity contribution < 1.29 is 17.1 Å². The number of halogens is 1. The maximum Gasteiger partial charge on any atom is 0.332 e. The van der Waals surface area contributed by atoms with E-state index in [1.807, 2.05) is 25.7 Å². The number of rotatable bonds is 6. The van der Waals surface area contributed by atoms with Gasteiger partial charge < -0.3 is 15.4 Å². The van der Waals surface area contributed by atoms with Gasteiger partial charge in [-0.05, 0) is 18.1 Å². The number of nitrogen functional groups attached to an aromatic ring is 1. The number of carbonyl (C=O) groups is 1. The first kappa shape index (κ1) is 22.9. The molecule has 1 fully saturated rings. The molecule has 3 rings (SSSR count). The van der Waals surface area contributed by atoms with Crippen LogP contribution >= 0.6 is 0 Å². The predicted molar refractivity (Wildman–Crippen MR) is 117 cm³/mol. The van der Waals surface area contributed by atoms with Crippen LogP contribution in [0.3, 0.4) is 0 Å². The van der Waals surface area contributed by atoms with E-state index in [0.717, 1.165) is 6.29 Å². The maximum atomic E-state index is 13.7. The molecular formula is C20H27FN6O3S. The third-order valence-corrected chi connectivity index (χ3v) is 6.06. The van der Waals surface area contributed by atoms with Gasteiger partial charge in [0.2, 0.25) is 0 Å². The monoisotopic (exact) mass is 450 g/mol. The highest BCUT2D eigenvalue weighted by atomic mass is 32.3. The van der Waals surface area contributed by atoms with E-state index in [9.17, 15) is 17.1 Å². The van der Waals surface area contributed by atoms with Gasteiger partial charge in [-0.1, -0.05) is 39.0 Å². The molecule has 1 aliphatic heterocycles. The summed E-state index contributed by atoms with van der Waals surface area (Å²) in [5.74, 6) is 7.31. The molecule has 9 nitrogen and oxygen atoms in total. The first-order chi connectivity index (χ1) is 14.4. The predicted octanol–water partition coefficient (Wildman–Crippen LogP) is 1.92. The van der Waals surface area contributed by atoms with Crippen LogP contribution in [0, 0.1) is 5.92 Å². The van der Waals surface area contributed by atoms with Crippen LogP contribution < -0.4 is 21.5 Å². The number of benzene rings is 1. The average Bonchev–Trinajstić information content (AvgIpc) is 3.15. The molecular weight excluding hydrogens is 423 g/mol. The number of carbonyl (C=O) groups excluding carboxylic acids is 1. The molecule has 4 N–H and O–H groups in total. The van der Waals surface area contributed by atoms with E-state index in [1.165, 1.54) is 23.2 Å². The number of aldehydes is 1. The normalized spacial score (nSPS) is 17.1. The second-order valence-electron chi connectivity index (χ2n) is 8.66. The summed E-state index contributed by atoms with van der Waals surface area (Å²) >= 11 is 0. The smallest absolute Gasteiger partial charge is 0.332 e. The number of nitrogens with zero attached hydrogens (tertiary/aromatic N) is 4. The minimum Gasteiger partial charge on any atom is -0.393 e. The van der Waals surface area contributed by atoms with Crippen molar-refractivity contribution >= 4 is 33.8 Å². The lowest BCUT2D eigenvalue weighted by Crippen LogP contribution is -2.35. The largest absolute Gasteiger partial charge is 0.393 e. The van der Waals surface area contributed by atoms with Crippen LogP contribution in [0.1, 0.15) is 38.6 Å². The quantitative estimate of drug-likeness (QED) is 0.293. The topological polar surface area (TPSA) is 136 Å². The zero-order chi connectivity index (χ0) is 23.0. The highest BCUT2D eigenvalue weighted by Gasteiger charge is 2.30. The van der Waals surface area contributed by atoms with E-state index >= 15 is 0 Å². The SMILES string of the molecule is CC(C)(C)c1nc(N(N)Cc2ccccc2S(=O)(=O)F)c(N)c(N2CCC(C=O)C2)n1. The Labute approximate surface area is 181 Å². The number of aromatic nitrogens is 2. The summed E-state index contributed by atoms with van der Waals surface area (Å²) in [4.78, 5) is 21.8. The third kappa shape index (κ3) is 4.93. The van der Waals surface area contributed by atoms with Crippen molar-refractivity contribution in [3.05, 3.63) is 35.7 Å². The zero-order valence-corrected chi connectivity index (χ0v) is 18.6. The van der Waals surface area contributed by atoms with E-state index < -0.39 is 20.5 Å². The molecule has 0 spiro atoms. The molecule has 1 atom stereocenters. The molecule has 2 aromatic rings. The van der Waals surface area contributed by atoms with Crippen LogP contribution in [-0.4, -0.2) is 37.8 Å². The van der Waals surface area contributed by atoms with Gasteiger partial charge in [-0.25, -0.2) is 15.8 Å². The summed E-state index contributed by atoms with van der Waals surface area (Å²) < 4.78 is 36.7. The van der Waals surface area contributed by atoms with Gasteiger partial charge in [-0.3, -0.25) is 5.01 Å². The Morgan fingerprint density at radius 3 is 2.55 bits per heavy atom. The molecule has 1 aromatic carbocycles. The number of nitrogens with two attached hydrogens (primary N) is 2. The fourth-order valence-electron chi connectivity index (χ4n) is 3.46. The van der Waals surface area contributed by atoms with E-state index in [1.54, 1.807) is 6.07 Å². The molecule has 11 heteroatoms. The van der Waals surface area contributed by atoms with Crippen LogP contribution in [0.4, 0.5) is 21.2 Å². The molecule has 0 saturated carbocycles. The van der Waals surface area contributed by atoms with Gasteiger partial charge in [0.05, 0.1) is 6.54 Å². The van der Waals surface area contributed by atoms with E-state index in [2.05, 4.69) is 9.97 Å². The van der Waals surface area contributed by atoms with Gasteiger partial charge in [0.15, 0.2) is 11.6 Å². The number of hydrogen-bond acceptors (Lipinski definition) is 9. The highest BCUT2D eigenvalue weighted by molar-refractivity contribution is 7.86. The fourth-order valence-corrected chi connectivity index (χ4v) is 4.15. The Kier molecular flexibility index (Phi) is 6.19. The van der Waals surface area contributed by atoms with Gasteiger partial charge >= 0.3 is 10.2 Å². The first-order valence-corrected chi connectivity index (χ1v) is 11.2. The van der Waals surface area contributed by atoms with Crippen molar-refractivity contribution in [3.63, 3.8) is 0 Å². The molecule has 1 saturated heterocycles. The lowest BCUT2D eigenvalue weighted by Gasteiger charge is -2.28. The van der Waals surface area contributed by atoms with Gasteiger partial charge in [0, 0.05) is 24.4 Å². The van der Waals surface area contributed by atoms with E-state index in [0.29, 0.717) is 31.2 Å². The molecule has 0 aliphatic carbocycles. The first-order valence-electron chi connectivity index (χ1n) is 9.85. The van der Waals surface area contributed by atoms with E-state index in [4.69, 9.17) is 11.6 Å². The number of hydrogen-bond donors (Lipinski definition) is 2. The molecule has 0 radical (unpaired) electrons. The molecule has 168 valence electrons. The summed E-state index contributed by atoms with van der Waals surface area (Å²) in [5.41, 5.74) is 6.33. The Hall–Kier alpha value is -2.79. The van der Waals surface area contributed by atoms with Gasteiger partial charge in [-0.2, -0.15) is 8.42 Å². The number of hydrazine groups is 1. The molecule has 1 unspecified atom stereocenters.